The van der Waals surface area contributed by atoms with Crippen molar-refractivity contribution in [1.82, 2.24) is 0 Å². The van der Waals surface area contributed by atoms with Crippen molar-refractivity contribution in [3.05, 3.63) is 82.4 Å². The Morgan fingerprint density at radius 2 is 1.69 bits per heavy atom. The van der Waals surface area contributed by atoms with Crippen LogP contribution in [0, 0.1) is 6.92 Å². The Morgan fingerprint density at radius 1 is 0.906 bits per heavy atom. The van der Waals surface area contributed by atoms with Gasteiger partial charge in [0.1, 0.15) is 19.0 Å². The number of anilines is 1. The molecule has 0 radical (unpaired) electrons. The van der Waals surface area contributed by atoms with Crippen molar-refractivity contribution in [2.45, 2.75) is 13.8 Å². The van der Waals surface area contributed by atoms with Gasteiger partial charge in [0, 0.05) is 16.2 Å². The highest BCUT2D eigenvalue weighted by molar-refractivity contribution is 6.36. The minimum atomic E-state index is -0.158. The van der Waals surface area contributed by atoms with Gasteiger partial charge in [-0.15, -0.1) is 0 Å². The number of benzene rings is 3. The Kier molecular flexibility index (Phi) is 6.66. The third kappa shape index (κ3) is 4.89. The summed E-state index contributed by atoms with van der Waals surface area (Å²) in [4.78, 5) is 12.4. The van der Waals surface area contributed by atoms with Crippen molar-refractivity contribution in [3.63, 3.8) is 0 Å². The van der Waals surface area contributed by atoms with Crippen molar-refractivity contribution >= 4 is 34.8 Å². The van der Waals surface area contributed by atoms with Gasteiger partial charge in [0.25, 0.3) is 5.91 Å². The molecule has 6 heteroatoms. The zero-order valence-corrected chi connectivity index (χ0v) is 18.7. The van der Waals surface area contributed by atoms with Crippen molar-refractivity contribution in [3.8, 4) is 17.2 Å². The van der Waals surface area contributed by atoms with Crippen LogP contribution in [0.1, 0.15) is 23.6 Å². The topological polar surface area (TPSA) is 56.8 Å². The summed E-state index contributed by atoms with van der Waals surface area (Å²) in [5.41, 5.74) is 4.04. The molecule has 1 aliphatic rings. The van der Waals surface area contributed by atoms with E-state index in [0.29, 0.717) is 47.6 Å². The minimum Gasteiger partial charge on any atom is -0.490 e. The molecule has 1 N–H and O–H groups in total. The number of nitrogens with one attached hydrogen (secondary N) is 1. The molecule has 1 amide bonds. The molecule has 1 heterocycles. The van der Waals surface area contributed by atoms with Gasteiger partial charge in [0.2, 0.25) is 0 Å². The fourth-order valence-corrected chi connectivity index (χ4v) is 3.67. The molecule has 0 unspecified atom stereocenters. The number of fused-ring (bicyclic) bond motifs is 1. The van der Waals surface area contributed by atoms with Gasteiger partial charge in [-0.05, 0) is 61.4 Å². The minimum absolute atomic E-state index is 0.158. The summed E-state index contributed by atoms with van der Waals surface area (Å²) in [7, 11) is 0. The van der Waals surface area contributed by atoms with Crippen molar-refractivity contribution in [2.75, 3.05) is 25.1 Å². The van der Waals surface area contributed by atoms with Gasteiger partial charge in [-0.3, -0.25) is 4.79 Å². The average molecular weight is 450 g/mol. The van der Waals surface area contributed by atoms with E-state index in [1.54, 1.807) is 12.1 Å². The molecule has 32 heavy (non-hydrogen) atoms. The molecular formula is C26H24ClNO4. The Balaban J connectivity index is 1.48. The summed E-state index contributed by atoms with van der Waals surface area (Å²) >= 11 is 6.04. The van der Waals surface area contributed by atoms with E-state index in [1.165, 1.54) is 0 Å². The zero-order valence-electron chi connectivity index (χ0n) is 18.0. The first kappa shape index (κ1) is 21.8. The first-order valence-corrected chi connectivity index (χ1v) is 10.8. The van der Waals surface area contributed by atoms with Crippen molar-refractivity contribution in [2.24, 2.45) is 0 Å². The Labute approximate surface area is 192 Å². The molecule has 0 aliphatic carbocycles. The van der Waals surface area contributed by atoms with Crippen LogP contribution in [-0.2, 0) is 4.79 Å². The first-order chi connectivity index (χ1) is 15.5. The van der Waals surface area contributed by atoms with Crippen LogP contribution in [-0.4, -0.2) is 25.7 Å². The van der Waals surface area contributed by atoms with Gasteiger partial charge < -0.3 is 19.5 Å². The number of amides is 1. The fraction of sp³-hybridized carbons (Fsp3) is 0.192. The number of rotatable bonds is 8. The van der Waals surface area contributed by atoms with E-state index in [0.717, 1.165) is 22.4 Å². The highest BCUT2D eigenvalue weighted by Gasteiger charge is 2.24. The molecule has 164 valence electrons. The largest absolute Gasteiger partial charge is 0.490 e. The second-order valence-electron chi connectivity index (χ2n) is 7.30. The maximum Gasteiger partial charge on any atom is 0.256 e. The van der Waals surface area contributed by atoms with Crippen LogP contribution in [0.2, 0.25) is 5.02 Å². The van der Waals surface area contributed by atoms with Crippen LogP contribution in [0.5, 0.6) is 17.2 Å². The lowest BCUT2D eigenvalue weighted by Crippen LogP contribution is -2.10. The third-order valence-electron chi connectivity index (χ3n) is 5.04. The summed E-state index contributed by atoms with van der Waals surface area (Å²) < 4.78 is 17.5. The molecule has 0 saturated heterocycles. The van der Waals surface area contributed by atoms with E-state index in [4.69, 9.17) is 25.8 Å². The second kappa shape index (κ2) is 9.79. The Morgan fingerprint density at radius 3 is 2.47 bits per heavy atom. The molecule has 0 atom stereocenters. The predicted octanol–water partition coefficient (Wildman–Crippen LogP) is 6.00. The molecule has 0 bridgehead atoms. The molecule has 3 aromatic carbocycles. The first-order valence-electron chi connectivity index (χ1n) is 10.5. The monoisotopic (exact) mass is 449 g/mol. The van der Waals surface area contributed by atoms with Gasteiger partial charge in [-0.2, -0.15) is 0 Å². The molecular weight excluding hydrogens is 426 g/mol. The van der Waals surface area contributed by atoms with Crippen LogP contribution in [0.25, 0.3) is 11.6 Å². The van der Waals surface area contributed by atoms with Crippen molar-refractivity contribution < 1.29 is 19.0 Å². The Bertz CT molecular complexity index is 1170. The number of carbonyl (C=O) groups is 1. The maximum absolute atomic E-state index is 12.4. The Hall–Kier alpha value is -3.44. The lowest BCUT2D eigenvalue weighted by Gasteiger charge is -2.14. The summed E-state index contributed by atoms with van der Waals surface area (Å²) in [6, 6.07) is 18.9. The second-order valence-corrected chi connectivity index (χ2v) is 7.74. The van der Waals surface area contributed by atoms with Crippen LogP contribution in [0.15, 0.2) is 60.7 Å². The standard InChI is InChI=1S/C26H24ClNO4/c1-3-30-25-15-18(14-21-20-10-9-19(27)16-22(20)28-26(21)29)8-11-24(25)32-13-12-31-23-7-5-4-6-17(23)2/h4-11,14-16H,3,12-13H2,1-2H3,(H,28,29)/b21-14+. The summed E-state index contributed by atoms with van der Waals surface area (Å²) in [5, 5.41) is 3.43. The lowest BCUT2D eigenvalue weighted by atomic mass is 10.0. The van der Waals surface area contributed by atoms with Gasteiger partial charge in [-0.25, -0.2) is 0 Å². The maximum atomic E-state index is 12.4. The molecule has 5 nitrogen and oxygen atoms in total. The molecule has 0 spiro atoms. The SMILES string of the molecule is CCOc1cc(/C=C2/C(=O)Nc3cc(Cl)ccc32)ccc1OCCOc1ccccc1C. The van der Waals surface area contributed by atoms with Crippen LogP contribution >= 0.6 is 11.6 Å². The summed E-state index contributed by atoms with van der Waals surface area (Å²) in [5.74, 6) is 1.94. The number of hydrogen-bond acceptors (Lipinski definition) is 4. The summed E-state index contributed by atoms with van der Waals surface area (Å²) in [6.45, 7) is 5.22. The van der Waals surface area contributed by atoms with Crippen molar-refractivity contribution in [1.29, 1.82) is 0 Å². The van der Waals surface area contributed by atoms with E-state index >= 15 is 0 Å². The molecule has 3 aromatic rings. The quantitative estimate of drug-likeness (QED) is 0.338. The van der Waals surface area contributed by atoms with E-state index in [-0.39, 0.29) is 5.91 Å². The molecule has 4 rings (SSSR count). The van der Waals surface area contributed by atoms with Crippen LogP contribution in [0.4, 0.5) is 5.69 Å². The smallest absolute Gasteiger partial charge is 0.256 e. The van der Waals surface area contributed by atoms with E-state index in [9.17, 15) is 4.79 Å². The molecule has 0 saturated carbocycles. The highest BCUT2D eigenvalue weighted by atomic mass is 35.5. The van der Waals surface area contributed by atoms with Gasteiger partial charge in [0.15, 0.2) is 11.5 Å². The predicted molar refractivity (Wildman–Crippen MR) is 128 cm³/mol. The molecule has 0 aromatic heterocycles. The van der Waals surface area contributed by atoms with E-state index in [2.05, 4.69) is 5.32 Å². The molecule has 0 fully saturated rings. The van der Waals surface area contributed by atoms with Gasteiger partial charge in [0.05, 0.1) is 12.3 Å². The summed E-state index contributed by atoms with van der Waals surface area (Å²) in [6.07, 6.45) is 1.84. The number of hydrogen-bond donors (Lipinski definition) is 1. The number of carbonyl (C=O) groups excluding carboxylic acids is 1. The highest BCUT2D eigenvalue weighted by Crippen LogP contribution is 2.36. The van der Waals surface area contributed by atoms with Gasteiger partial charge >= 0.3 is 0 Å². The number of halogens is 1. The lowest BCUT2D eigenvalue weighted by molar-refractivity contribution is -0.110. The fourth-order valence-electron chi connectivity index (χ4n) is 3.50. The zero-order chi connectivity index (χ0) is 22.5. The van der Waals surface area contributed by atoms with E-state index < -0.39 is 0 Å². The van der Waals surface area contributed by atoms with Gasteiger partial charge in [-0.1, -0.05) is 41.9 Å². The third-order valence-corrected chi connectivity index (χ3v) is 5.27. The van der Waals surface area contributed by atoms with Crippen LogP contribution in [0.3, 0.4) is 0 Å². The van der Waals surface area contributed by atoms with Crippen LogP contribution < -0.4 is 19.5 Å². The molecule has 1 aliphatic heterocycles. The number of para-hydroxylation sites is 1. The number of ether oxygens (including phenoxy) is 3. The van der Waals surface area contributed by atoms with E-state index in [1.807, 2.05) is 68.5 Å². The number of aryl methyl sites for hydroxylation is 1. The normalized spacial score (nSPS) is 13.6. The average Bonchev–Trinajstić information content (AvgIpc) is 3.08.